The molecule has 118 valence electrons. The lowest BCUT2D eigenvalue weighted by Gasteiger charge is -2.30. The van der Waals surface area contributed by atoms with Crippen LogP contribution < -0.4 is 5.32 Å². The van der Waals surface area contributed by atoms with E-state index in [2.05, 4.69) is 26.1 Å². The lowest BCUT2D eigenvalue weighted by Crippen LogP contribution is -2.35. The van der Waals surface area contributed by atoms with Crippen molar-refractivity contribution >= 4 is 0 Å². The maximum absolute atomic E-state index is 5.58. The molecular weight excluding hydrogens is 246 g/mol. The maximum atomic E-state index is 5.58. The van der Waals surface area contributed by atoms with Crippen molar-refractivity contribution in [2.75, 3.05) is 13.7 Å². The summed E-state index contributed by atoms with van der Waals surface area (Å²) in [6.45, 7) is 7.85. The molecule has 20 heavy (non-hydrogen) atoms. The average molecular weight is 281 g/mol. The van der Waals surface area contributed by atoms with E-state index < -0.39 is 0 Å². The van der Waals surface area contributed by atoms with Crippen LogP contribution in [0.3, 0.4) is 0 Å². The van der Waals surface area contributed by atoms with Crippen LogP contribution in [-0.4, -0.2) is 25.3 Å². The Hall–Kier alpha value is -0.0800. The lowest BCUT2D eigenvalue weighted by molar-refractivity contribution is 0.0109. The third-order valence-corrected chi connectivity index (χ3v) is 5.80. The molecule has 0 heterocycles. The smallest absolute Gasteiger partial charge is 0.0623 e. The molecule has 0 spiro atoms. The minimum Gasteiger partial charge on any atom is -0.379 e. The summed E-state index contributed by atoms with van der Waals surface area (Å²) in [5, 5.41) is 3.80. The topological polar surface area (TPSA) is 21.3 Å². The molecule has 4 unspecified atom stereocenters. The van der Waals surface area contributed by atoms with Crippen LogP contribution in [0.1, 0.15) is 72.1 Å². The Morgan fingerprint density at radius 2 is 2.05 bits per heavy atom. The van der Waals surface area contributed by atoms with E-state index in [0.29, 0.717) is 6.04 Å². The van der Waals surface area contributed by atoms with Gasteiger partial charge in [-0.3, -0.25) is 0 Å². The minimum atomic E-state index is 0.0286. The van der Waals surface area contributed by atoms with Crippen molar-refractivity contribution in [3.8, 4) is 0 Å². The van der Waals surface area contributed by atoms with Crippen molar-refractivity contribution in [2.24, 2.45) is 17.8 Å². The van der Waals surface area contributed by atoms with Gasteiger partial charge in [-0.25, -0.2) is 0 Å². The quantitative estimate of drug-likeness (QED) is 0.677. The monoisotopic (exact) mass is 281 g/mol. The van der Waals surface area contributed by atoms with Gasteiger partial charge in [0.2, 0.25) is 0 Å². The van der Waals surface area contributed by atoms with Crippen LogP contribution in [0.2, 0.25) is 0 Å². The SMILES string of the molecule is CCCNC(CCC(C)(C)OC)CC1CC2CCC1C2. The van der Waals surface area contributed by atoms with Crippen LogP contribution in [-0.2, 0) is 4.74 Å². The molecule has 0 aromatic heterocycles. The van der Waals surface area contributed by atoms with Gasteiger partial charge in [-0.05, 0) is 83.1 Å². The molecule has 0 aromatic carbocycles. The summed E-state index contributed by atoms with van der Waals surface area (Å²) >= 11 is 0. The zero-order chi connectivity index (χ0) is 14.6. The number of hydrogen-bond donors (Lipinski definition) is 1. The molecule has 2 rings (SSSR count). The van der Waals surface area contributed by atoms with Crippen molar-refractivity contribution < 1.29 is 4.74 Å². The molecule has 0 aromatic rings. The Bertz CT molecular complexity index is 289. The summed E-state index contributed by atoms with van der Waals surface area (Å²) in [6.07, 6.45) is 11.1. The first-order valence-corrected chi connectivity index (χ1v) is 8.82. The molecule has 2 saturated carbocycles. The summed E-state index contributed by atoms with van der Waals surface area (Å²) in [5.41, 5.74) is 0.0286. The zero-order valence-corrected chi connectivity index (χ0v) is 14.1. The predicted molar refractivity (Wildman–Crippen MR) is 86.0 cm³/mol. The van der Waals surface area contributed by atoms with Gasteiger partial charge in [0.1, 0.15) is 0 Å². The number of ether oxygens (including phenoxy) is 1. The van der Waals surface area contributed by atoms with Gasteiger partial charge >= 0.3 is 0 Å². The van der Waals surface area contributed by atoms with Gasteiger partial charge < -0.3 is 10.1 Å². The average Bonchev–Trinajstić information content (AvgIpc) is 3.04. The first kappa shape index (κ1) is 16.3. The summed E-state index contributed by atoms with van der Waals surface area (Å²) < 4.78 is 5.58. The van der Waals surface area contributed by atoms with E-state index >= 15 is 0 Å². The fraction of sp³-hybridized carbons (Fsp3) is 1.00. The highest BCUT2D eigenvalue weighted by atomic mass is 16.5. The Morgan fingerprint density at radius 1 is 1.25 bits per heavy atom. The summed E-state index contributed by atoms with van der Waals surface area (Å²) in [5.74, 6) is 3.14. The molecule has 4 atom stereocenters. The number of fused-ring (bicyclic) bond motifs is 2. The Balaban J connectivity index is 1.80. The summed E-state index contributed by atoms with van der Waals surface area (Å²) in [7, 11) is 1.84. The van der Waals surface area contributed by atoms with E-state index in [4.69, 9.17) is 4.74 Å². The van der Waals surface area contributed by atoms with E-state index in [0.717, 1.165) is 24.2 Å². The molecule has 2 nitrogen and oxygen atoms in total. The van der Waals surface area contributed by atoms with Gasteiger partial charge in [0.15, 0.2) is 0 Å². The third-order valence-electron chi connectivity index (χ3n) is 5.80. The molecular formula is C18H35NO. The van der Waals surface area contributed by atoms with Crippen LogP contribution >= 0.6 is 0 Å². The first-order chi connectivity index (χ1) is 9.54. The predicted octanol–water partition coefficient (Wildman–Crippen LogP) is 4.39. The van der Waals surface area contributed by atoms with Crippen LogP contribution in [0.25, 0.3) is 0 Å². The zero-order valence-electron chi connectivity index (χ0n) is 14.1. The van der Waals surface area contributed by atoms with Gasteiger partial charge in [0.25, 0.3) is 0 Å². The first-order valence-electron chi connectivity index (χ1n) is 8.82. The maximum Gasteiger partial charge on any atom is 0.0623 e. The number of rotatable bonds is 9. The van der Waals surface area contributed by atoms with Gasteiger partial charge in [-0.2, -0.15) is 0 Å². The fourth-order valence-corrected chi connectivity index (χ4v) is 4.31. The number of methoxy groups -OCH3 is 1. The largest absolute Gasteiger partial charge is 0.379 e. The summed E-state index contributed by atoms with van der Waals surface area (Å²) in [6, 6.07) is 0.703. The normalized spacial score (nSPS) is 30.9. The second-order valence-corrected chi connectivity index (χ2v) is 7.82. The molecule has 2 aliphatic carbocycles. The van der Waals surface area contributed by atoms with E-state index in [1.165, 1.54) is 51.5 Å². The van der Waals surface area contributed by atoms with Crippen molar-refractivity contribution in [3.63, 3.8) is 0 Å². The fourth-order valence-electron chi connectivity index (χ4n) is 4.31. The molecule has 0 amide bonds. The van der Waals surface area contributed by atoms with Crippen molar-refractivity contribution in [3.05, 3.63) is 0 Å². The van der Waals surface area contributed by atoms with Gasteiger partial charge in [-0.15, -0.1) is 0 Å². The molecule has 2 heteroatoms. The highest BCUT2D eigenvalue weighted by Crippen LogP contribution is 2.50. The molecule has 0 radical (unpaired) electrons. The van der Waals surface area contributed by atoms with Crippen LogP contribution in [0.15, 0.2) is 0 Å². The van der Waals surface area contributed by atoms with Gasteiger partial charge in [-0.1, -0.05) is 13.3 Å². The van der Waals surface area contributed by atoms with Gasteiger partial charge in [0.05, 0.1) is 5.60 Å². The molecule has 2 fully saturated rings. The van der Waals surface area contributed by atoms with Crippen molar-refractivity contribution in [1.82, 2.24) is 5.32 Å². The van der Waals surface area contributed by atoms with E-state index in [9.17, 15) is 0 Å². The number of hydrogen-bond acceptors (Lipinski definition) is 2. The van der Waals surface area contributed by atoms with E-state index in [-0.39, 0.29) is 5.60 Å². The molecule has 2 bridgehead atoms. The molecule has 0 saturated heterocycles. The Kier molecular flexibility index (Phi) is 5.92. The minimum absolute atomic E-state index is 0.0286. The Labute approximate surface area is 126 Å². The number of nitrogens with one attached hydrogen (secondary N) is 1. The van der Waals surface area contributed by atoms with Crippen LogP contribution in [0, 0.1) is 17.8 Å². The van der Waals surface area contributed by atoms with Crippen LogP contribution in [0.5, 0.6) is 0 Å². The lowest BCUT2D eigenvalue weighted by atomic mass is 9.82. The molecule has 1 N–H and O–H groups in total. The van der Waals surface area contributed by atoms with Crippen LogP contribution in [0.4, 0.5) is 0 Å². The highest BCUT2D eigenvalue weighted by molar-refractivity contribution is 4.92. The van der Waals surface area contributed by atoms with Gasteiger partial charge in [0, 0.05) is 13.2 Å². The Morgan fingerprint density at radius 3 is 2.60 bits per heavy atom. The summed E-state index contributed by atoms with van der Waals surface area (Å²) in [4.78, 5) is 0. The second-order valence-electron chi connectivity index (χ2n) is 7.82. The van der Waals surface area contributed by atoms with Crippen molar-refractivity contribution in [2.45, 2.75) is 83.8 Å². The standard InChI is InChI=1S/C18H35NO/c1-5-10-19-17(8-9-18(2,3)20-4)13-16-12-14-6-7-15(16)11-14/h14-17,19H,5-13H2,1-4H3. The molecule has 0 aliphatic heterocycles. The second kappa shape index (κ2) is 7.26. The highest BCUT2D eigenvalue weighted by Gasteiger charge is 2.40. The van der Waals surface area contributed by atoms with E-state index in [1.807, 2.05) is 7.11 Å². The van der Waals surface area contributed by atoms with Crippen molar-refractivity contribution in [1.29, 1.82) is 0 Å². The molecule has 2 aliphatic rings. The van der Waals surface area contributed by atoms with E-state index in [1.54, 1.807) is 0 Å². The third kappa shape index (κ3) is 4.46.